The van der Waals surface area contributed by atoms with E-state index >= 15 is 0 Å². The molecule has 0 aliphatic carbocycles. The fourth-order valence-corrected chi connectivity index (χ4v) is 24.8. The fourth-order valence-electron chi connectivity index (χ4n) is 5.28. The van der Waals surface area contributed by atoms with Crippen molar-refractivity contribution in [2.75, 3.05) is 13.2 Å². The fraction of sp³-hybridized carbons (Fsp3) is 1.00. The first-order chi connectivity index (χ1) is 12.3. The minimum absolute atomic E-state index is 0.500. The Hall–Kier alpha value is 0.531. The van der Waals surface area contributed by atoms with Crippen molar-refractivity contribution in [1.82, 2.24) is 4.23 Å². The molecule has 0 heterocycles. The van der Waals surface area contributed by atoms with Gasteiger partial charge in [-0.2, -0.15) is 0 Å². The van der Waals surface area contributed by atoms with Crippen LogP contribution in [0.2, 0.25) is 42.8 Å². The van der Waals surface area contributed by atoms with Crippen LogP contribution in [0.3, 0.4) is 0 Å². The zero-order chi connectivity index (χ0) is 20.4. The molecule has 0 rings (SSSR count). The lowest BCUT2D eigenvalue weighted by Gasteiger charge is -2.58. The summed E-state index contributed by atoms with van der Waals surface area (Å²) < 4.78 is 16.2. The summed E-state index contributed by atoms with van der Waals surface area (Å²) in [5.74, 6) is 0. The van der Waals surface area contributed by atoms with Gasteiger partial charge in [-0.3, -0.25) is 0 Å². The van der Waals surface area contributed by atoms with Crippen molar-refractivity contribution in [3.8, 4) is 0 Å². The highest BCUT2D eigenvalue weighted by Crippen LogP contribution is 2.41. The molecule has 0 saturated heterocycles. The van der Waals surface area contributed by atoms with E-state index in [2.05, 4.69) is 73.1 Å². The molecule has 0 bridgehead atoms. The van der Waals surface area contributed by atoms with Crippen LogP contribution in [0, 0.1) is 0 Å². The van der Waals surface area contributed by atoms with Crippen molar-refractivity contribution in [2.24, 2.45) is 0 Å². The van der Waals surface area contributed by atoms with Crippen molar-refractivity contribution in [2.45, 2.75) is 117 Å². The van der Waals surface area contributed by atoms with Gasteiger partial charge in [-0.15, -0.1) is 0 Å². The molecule has 0 amide bonds. The van der Waals surface area contributed by atoms with E-state index in [1.54, 1.807) is 0 Å². The summed E-state index contributed by atoms with van der Waals surface area (Å²) in [6.07, 6.45) is 1.16. The van der Waals surface area contributed by atoms with Crippen LogP contribution in [0.5, 0.6) is 0 Å². The molecule has 0 saturated carbocycles. The molecule has 0 fully saturated rings. The molecule has 0 aromatic heterocycles. The molecule has 0 spiro atoms. The minimum Gasteiger partial charge on any atom is -0.394 e. The van der Waals surface area contributed by atoms with Gasteiger partial charge in [0.15, 0.2) is 0 Å². The van der Waals surface area contributed by atoms with E-state index in [0.717, 1.165) is 19.6 Å². The van der Waals surface area contributed by atoms with Crippen LogP contribution in [0.25, 0.3) is 0 Å². The zero-order valence-electron chi connectivity index (χ0n) is 19.7. The predicted molar refractivity (Wildman–Crippen MR) is 125 cm³/mol. The number of rotatable bonds is 15. The van der Waals surface area contributed by atoms with Gasteiger partial charge in [0.25, 0.3) is 0 Å². The molecule has 0 aromatic rings. The highest BCUT2D eigenvalue weighted by molar-refractivity contribution is 6.94. The van der Waals surface area contributed by atoms with Gasteiger partial charge in [0, 0.05) is 18.9 Å². The third-order valence-electron chi connectivity index (χ3n) is 7.14. The molecule has 0 radical (unpaired) electrons. The summed E-state index contributed by atoms with van der Waals surface area (Å²) in [6, 6.07) is 8.13. The second-order valence-electron chi connectivity index (χ2n) is 7.75. The van der Waals surface area contributed by atoms with E-state index in [0.29, 0.717) is 5.67 Å². The zero-order valence-corrected chi connectivity index (χ0v) is 22.7. The molecule has 1 atom stereocenters. The summed E-state index contributed by atoms with van der Waals surface area (Å²) in [7, 11) is -5.32. The number of hydrogen-bond donors (Lipinski definition) is 0. The van der Waals surface area contributed by atoms with Crippen molar-refractivity contribution >= 4 is 25.0 Å². The second kappa shape index (κ2) is 12.2. The van der Waals surface area contributed by atoms with E-state index in [-0.39, 0.29) is 0 Å². The first-order valence-corrected chi connectivity index (χ1v) is 18.9. The molecule has 26 heavy (non-hydrogen) atoms. The summed E-state index contributed by atoms with van der Waals surface area (Å²) >= 11 is 0. The SMILES string of the molecule is CCO[Si](C)(OCC)C(CC)N([Si](CC)(CC)CC)[Si](CC)(CC)CC. The average molecular weight is 420 g/mol. The largest absolute Gasteiger partial charge is 0.394 e. The van der Waals surface area contributed by atoms with Crippen LogP contribution in [-0.4, -0.2) is 48.1 Å². The van der Waals surface area contributed by atoms with E-state index in [4.69, 9.17) is 8.85 Å². The van der Waals surface area contributed by atoms with Gasteiger partial charge in [0.2, 0.25) is 0 Å². The molecule has 0 N–H and O–H groups in total. The van der Waals surface area contributed by atoms with Gasteiger partial charge in [0.05, 0.1) is 0 Å². The molecule has 158 valence electrons. The van der Waals surface area contributed by atoms with Crippen molar-refractivity contribution in [3.05, 3.63) is 0 Å². The van der Waals surface area contributed by atoms with Crippen molar-refractivity contribution in [3.63, 3.8) is 0 Å². The highest BCUT2D eigenvalue weighted by Gasteiger charge is 2.55. The Kier molecular flexibility index (Phi) is 12.4. The van der Waals surface area contributed by atoms with Gasteiger partial charge >= 0.3 is 8.56 Å². The van der Waals surface area contributed by atoms with Gasteiger partial charge < -0.3 is 13.1 Å². The van der Waals surface area contributed by atoms with E-state index in [1.165, 1.54) is 36.3 Å². The van der Waals surface area contributed by atoms with Crippen molar-refractivity contribution in [1.29, 1.82) is 0 Å². The summed E-state index contributed by atoms with van der Waals surface area (Å²) in [4.78, 5) is 0. The smallest absolute Gasteiger partial charge is 0.351 e. The van der Waals surface area contributed by atoms with Crippen LogP contribution in [0.4, 0.5) is 0 Å². The number of nitrogens with zero attached hydrogens (tertiary/aromatic N) is 1. The van der Waals surface area contributed by atoms with Crippen LogP contribution >= 0.6 is 0 Å². The Morgan fingerprint density at radius 3 is 1.12 bits per heavy atom. The molecule has 0 aromatic carbocycles. The topological polar surface area (TPSA) is 21.7 Å². The number of hydrogen-bond acceptors (Lipinski definition) is 3. The summed E-state index contributed by atoms with van der Waals surface area (Å²) in [5.41, 5.74) is 0.500. The van der Waals surface area contributed by atoms with Crippen LogP contribution < -0.4 is 0 Å². The Bertz CT molecular complexity index is 332. The molecular formula is C20H49NO2Si3. The highest BCUT2D eigenvalue weighted by atomic mass is 28.4. The van der Waals surface area contributed by atoms with Crippen LogP contribution in [0.1, 0.15) is 68.7 Å². The first-order valence-electron chi connectivity index (χ1n) is 11.4. The van der Waals surface area contributed by atoms with Crippen molar-refractivity contribution < 1.29 is 8.85 Å². The van der Waals surface area contributed by atoms with Crippen LogP contribution in [0.15, 0.2) is 0 Å². The minimum atomic E-state index is -2.26. The molecule has 0 aliphatic rings. The van der Waals surface area contributed by atoms with E-state index in [9.17, 15) is 0 Å². The second-order valence-corrected chi connectivity index (χ2v) is 21.6. The first kappa shape index (κ1) is 26.5. The molecule has 1 unspecified atom stereocenters. The molecule has 0 aliphatic heterocycles. The Morgan fingerprint density at radius 1 is 0.615 bits per heavy atom. The van der Waals surface area contributed by atoms with Gasteiger partial charge in [-0.25, -0.2) is 0 Å². The average Bonchev–Trinajstić information content (AvgIpc) is 2.66. The molecular weight excluding hydrogens is 370 g/mol. The lowest BCUT2D eigenvalue weighted by molar-refractivity contribution is 0.165. The predicted octanol–water partition coefficient (Wildman–Crippen LogP) is 6.76. The quantitative estimate of drug-likeness (QED) is 0.274. The maximum absolute atomic E-state index is 6.48. The standard InChI is InChI=1S/C20H49NO2Si3/c1-11-20(24(10,22-12-2)23-13-3)21(25(14-4,15-5)16-6)26(17-7,18-8)19-9/h20H,11-19H2,1-10H3. The maximum Gasteiger partial charge on any atom is 0.351 e. The monoisotopic (exact) mass is 419 g/mol. The third kappa shape index (κ3) is 5.32. The summed E-state index contributed by atoms with van der Waals surface area (Å²) in [6.45, 7) is 25.3. The lowest BCUT2D eigenvalue weighted by Crippen LogP contribution is -2.75. The summed E-state index contributed by atoms with van der Waals surface area (Å²) in [5, 5.41) is 0. The van der Waals surface area contributed by atoms with E-state index < -0.39 is 25.0 Å². The van der Waals surface area contributed by atoms with Crippen LogP contribution in [-0.2, 0) is 8.85 Å². The molecule has 3 nitrogen and oxygen atoms in total. The van der Waals surface area contributed by atoms with E-state index in [1.807, 2.05) is 0 Å². The Balaban J connectivity index is 6.59. The van der Waals surface area contributed by atoms with Gasteiger partial charge in [0.1, 0.15) is 16.5 Å². The normalized spacial score (nSPS) is 14.9. The lowest BCUT2D eigenvalue weighted by atomic mass is 10.5. The Morgan fingerprint density at radius 2 is 0.923 bits per heavy atom. The van der Waals surface area contributed by atoms with Gasteiger partial charge in [-0.1, -0.05) is 48.5 Å². The third-order valence-corrected chi connectivity index (χ3v) is 24.7. The Labute approximate surface area is 168 Å². The molecule has 6 heteroatoms. The maximum atomic E-state index is 6.48. The van der Waals surface area contributed by atoms with Gasteiger partial charge in [-0.05, 0) is 63.1 Å².